The second-order valence-corrected chi connectivity index (χ2v) is 12.4. The van der Waals surface area contributed by atoms with E-state index in [9.17, 15) is 0 Å². The van der Waals surface area contributed by atoms with Crippen LogP contribution in [-0.4, -0.2) is 0 Å². The highest BCUT2D eigenvalue weighted by atomic mass is 15.2. The minimum Gasteiger partial charge on any atom is -0.310 e. The van der Waals surface area contributed by atoms with E-state index in [0.29, 0.717) is 0 Å². The highest BCUT2D eigenvalue weighted by Crippen LogP contribution is 2.63. The molecule has 196 valence electrons. The van der Waals surface area contributed by atoms with Crippen LogP contribution in [-0.2, 0) is 10.8 Å². The number of fused-ring (bicyclic) bond motifs is 11. The molecule has 5 aromatic rings. The monoisotopic (exact) mass is 525 g/mol. The molecule has 0 unspecified atom stereocenters. The van der Waals surface area contributed by atoms with Crippen molar-refractivity contribution in [2.75, 3.05) is 4.90 Å². The maximum atomic E-state index is 2.54. The molecular weight excluding hydrogens is 494 g/mol. The summed E-state index contributed by atoms with van der Waals surface area (Å²) in [5, 5.41) is 0. The van der Waals surface area contributed by atoms with Crippen molar-refractivity contribution in [3.05, 3.63) is 167 Å². The van der Waals surface area contributed by atoms with Crippen LogP contribution in [0.15, 0.2) is 139 Å². The Morgan fingerprint density at radius 3 is 1.73 bits per heavy atom. The van der Waals surface area contributed by atoms with Gasteiger partial charge >= 0.3 is 0 Å². The fraction of sp³-hybridized carbons (Fsp3) is 0.150. The molecule has 3 aliphatic carbocycles. The molecule has 1 heterocycles. The Bertz CT molecular complexity index is 1920. The zero-order valence-electron chi connectivity index (χ0n) is 23.5. The molecule has 9 rings (SSSR count). The normalized spacial score (nSPS) is 18.0. The molecule has 5 aromatic carbocycles. The Labute approximate surface area is 242 Å². The van der Waals surface area contributed by atoms with Gasteiger partial charge in [-0.25, -0.2) is 0 Å². The predicted octanol–water partition coefficient (Wildman–Crippen LogP) is 10.1. The van der Waals surface area contributed by atoms with E-state index in [1.165, 1.54) is 72.7 Å². The highest BCUT2D eigenvalue weighted by molar-refractivity contribution is 5.96. The molecule has 0 bridgehead atoms. The number of para-hydroxylation sites is 1. The standard InChI is InChI=1S/C40H31N/c1-39(2)34-19-9-11-21-37(34)41(38-22-12-10-20-35(38)39)26-23-24-30-29-15-5-8-18-33(29)40(36(30)25-26)31-16-6-3-13-27(31)28-14-4-7-17-32(28)40/h3-9,11-19,21-25H,10,20H2,1-2H3. The SMILES string of the molecule is CC1(C)C2=C(C=CCC2)N(c2ccc3c(c2)C2(c4ccccc4-c4ccccc42)c2ccccc2-3)c2ccccc21. The van der Waals surface area contributed by atoms with Crippen LogP contribution in [0.25, 0.3) is 22.3 Å². The lowest BCUT2D eigenvalue weighted by molar-refractivity contribution is 0.570. The number of nitrogens with zero attached hydrogens (tertiary/aromatic N) is 1. The van der Waals surface area contributed by atoms with Crippen LogP contribution >= 0.6 is 0 Å². The van der Waals surface area contributed by atoms with Gasteiger partial charge in [0, 0.05) is 16.8 Å². The highest BCUT2D eigenvalue weighted by Gasteiger charge is 2.51. The van der Waals surface area contributed by atoms with Crippen molar-refractivity contribution >= 4 is 11.4 Å². The van der Waals surface area contributed by atoms with E-state index in [4.69, 9.17) is 0 Å². The van der Waals surface area contributed by atoms with Gasteiger partial charge in [-0.15, -0.1) is 0 Å². The first-order chi connectivity index (χ1) is 20.1. The molecule has 0 saturated carbocycles. The molecule has 1 heteroatoms. The van der Waals surface area contributed by atoms with Gasteiger partial charge in [-0.05, 0) is 92.8 Å². The first-order valence-electron chi connectivity index (χ1n) is 14.9. The molecule has 1 aliphatic heterocycles. The fourth-order valence-corrected chi connectivity index (χ4v) is 8.48. The number of anilines is 2. The van der Waals surface area contributed by atoms with Crippen LogP contribution in [0.5, 0.6) is 0 Å². The van der Waals surface area contributed by atoms with E-state index in [1.54, 1.807) is 0 Å². The molecule has 0 aromatic heterocycles. The second kappa shape index (κ2) is 7.98. The lowest BCUT2D eigenvalue weighted by atomic mass is 9.69. The van der Waals surface area contributed by atoms with Gasteiger partial charge in [-0.1, -0.05) is 117 Å². The van der Waals surface area contributed by atoms with Gasteiger partial charge in [0.1, 0.15) is 0 Å². The molecule has 0 saturated heterocycles. The predicted molar refractivity (Wildman–Crippen MR) is 170 cm³/mol. The van der Waals surface area contributed by atoms with Crippen LogP contribution in [0.4, 0.5) is 11.4 Å². The van der Waals surface area contributed by atoms with E-state index in [-0.39, 0.29) is 10.8 Å². The summed E-state index contributed by atoms with van der Waals surface area (Å²) in [4.78, 5) is 2.54. The van der Waals surface area contributed by atoms with Crippen molar-refractivity contribution < 1.29 is 0 Å². The molecule has 0 fully saturated rings. The largest absolute Gasteiger partial charge is 0.310 e. The molecule has 41 heavy (non-hydrogen) atoms. The number of hydrogen-bond donors (Lipinski definition) is 0. The molecular formula is C40H31N. The Morgan fingerprint density at radius 2 is 1.10 bits per heavy atom. The van der Waals surface area contributed by atoms with Crippen molar-refractivity contribution in [2.24, 2.45) is 0 Å². The van der Waals surface area contributed by atoms with Crippen LogP contribution < -0.4 is 4.90 Å². The van der Waals surface area contributed by atoms with Gasteiger partial charge in [0.05, 0.1) is 11.1 Å². The van der Waals surface area contributed by atoms with Crippen LogP contribution in [0.1, 0.15) is 54.5 Å². The summed E-state index contributed by atoms with van der Waals surface area (Å²) >= 11 is 0. The summed E-state index contributed by atoms with van der Waals surface area (Å²) in [6, 6.07) is 43.5. The summed E-state index contributed by atoms with van der Waals surface area (Å²) in [5.74, 6) is 0. The molecule has 1 spiro atoms. The summed E-state index contributed by atoms with van der Waals surface area (Å²) < 4.78 is 0. The topological polar surface area (TPSA) is 3.24 Å². The minimum atomic E-state index is -0.330. The number of hydrogen-bond acceptors (Lipinski definition) is 1. The fourth-order valence-electron chi connectivity index (χ4n) is 8.48. The summed E-state index contributed by atoms with van der Waals surface area (Å²) in [5.41, 5.74) is 17.4. The Hall–Kier alpha value is -4.62. The summed E-state index contributed by atoms with van der Waals surface area (Å²) in [7, 11) is 0. The molecule has 0 radical (unpaired) electrons. The van der Waals surface area contributed by atoms with E-state index < -0.39 is 0 Å². The Morgan fingerprint density at radius 1 is 0.561 bits per heavy atom. The maximum Gasteiger partial charge on any atom is 0.0726 e. The second-order valence-electron chi connectivity index (χ2n) is 12.4. The van der Waals surface area contributed by atoms with Crippen molar-refractivity contribution in [1.82, 2.24) is 0 Å². The summed E-state index contributed by atoms with van der Waals surface area (Å²) in [6.45, 7) is 4.80. The van der Waals surface area contributed by atoms with Gasteiger partial charge in [0.15, 0.2) is 0 Å². The van der Waals surface area contributed by atoms with Gasteiger partial charge in [-0.2, -0.15) is 0 Å². The minimum absolute atomic E-state index is 0.00467. The van der Waals surface area contributed by atoms with Gasteiger partial charge in [0.25, 0.3) is 0 Å². The van der Waals surface area contributed by atoms with Gasteiger partial charge in [-0.3, -0.25) is 0 Å². The number of benzene rings is 5. The average Bonchev–Trinajstić information content (AvgIpc) is 3.49. The lowest BCUT2D eigenvalue weighted by Crippen LogP contribution is -2.35. The number of allylic oxidation sites excluding steroid dienone is 3. The van der Waals surface area contributed by atoms with Gasteiger partial charge < -0.3 is 4.90 Å². The van der Waals surface area contributed by atoms with Crippen molar-refractivity contribution in [1.29, 1.82) is 0 Å². The third kappa shape index (κ3) is 2.77. The van der Waals surface area contributed by atoms with E-state index >= 15 is 0 Å². The van der Waals surface area contributed by atoms with Crippen molar-refractivity contribution in [3.63, 3.8) is 0 Å². The summed E-state index contributed by atoms with van der Waals surface area (Å²) in [6.07, 6.45) is 6.93. The maximum absolute atomic E-state index is 2.54. The van der Waals surface area contributed by atoms with Crippen LogP contribution in [0.3, 0.4) is 0 Å². The molecule has 1 nitrogen and oxygen atoms in total. The lowest BCUT2D eigenvalue weighted by Gasteiger charge is -2.44. The smallest absolute Gasteiger partial charge is 0.0726 e. The molecule has 0 N–H and O–H groups in total. The Kier molecular flexibility index (Phi) is 4.50. The zero-order chi connectivity index (χ0) is 27.3. The molecule has 0 atom stereocenters. The Balaban J connectivity index is 1.37. The van der Waals surface area contributed by atoms with Crippen molar-refractivity contribution in [2.45, 2.75) is 37.5 Å². The third-order valence-electron chi connectivity index (χ3n) is 10.2. The third-order valence-corrected chi connectivity index (χ3v) is 10.2. The average molecular weight is 526 g/mol. The number of rotatable bonds is 1. The first kappa shape index (κ1) is 23.1. The van der Waals surface area contributed by atoms with Crippen molar-refractivity contribution in [3.8, 4) is 22.3 Å². The molecule has 4 aliphatic rings. The molecule has 0 amide bonds. The quantitative estimate of drug-likeness (QED) is 0.206. The van der Waals surface area contributed by atoms with E-state index in [0.717, 1.165) is 12.8 Å². The van der Waals surface area contributed by atoms with Crippen LogP contribution in [0.2, 0.25) is 0 Å². The van der Waals surface area contributed by atoms with Crippen LogP contribution in [0, 0.1) is 0 Å². The van der Waals surface area contributed by atoms with E-state index in [1.807, 2.05) is 0 Å². The zero-order valence-corrected chi connectivity index (χ0v) is 23.5. The van der Waals surface area contributed by atoms with E-state index in [2.05, 4.69) is 146 Å². The van der Waals surface area contributed by atoms with Gasteiger partial charge in [0.2, 0.25) is 0 Å². The first-order valence-corrected chi connectivity index (χ1v) is 14.9.